The molecule has 0 aliphatic rings. The van der Waals surface area contributed by atoms with Crippen LogP contribution in [-0.2, 0) is 11.2 Å². The van der Waals surface area contributed by atoms with Gasteiger partial charge < -0.3 is 0 Å². The van der Waals surface area contributed by atoms with Crippen LogP contribution in [0.3, 0.4) is 0 Å². The van der Waals surface area contributed by atoms with Gasteiger partial charge in [-0.15, -0.1) is 0 Å². The molecule has 22 heavy (non-hydrogen) atoms. The van der Waals surface area contributed by atoms with Crippen molar-refractivity contribution in [1.82, 2.24) is 0 Å². The molecule has 0 bridgehead atoms. The molecule has 0 saturated heterocycles. The maximum atomic E-state index is 12.7. The lowest BCUT2D eigenvalue weighted by molar-refractivity contribution is -0.113. The number of rotatable bonds is 5. The fourth-order valence-corrected chi connectivity index (χ4v) is 2.41. The van der Waals surface area contributed by atoms with Crippen LogP contribution in [-0.4, -0.2) is 5.78 Å². The Balaban J connectivity index is 2.19. The minimum absolute atomic E-state index is 0.0203. The fourth-order valence-electron chi connectivity index (χ4n) is 2.41. The predicted molar refractivity (Wildman–Crippen MR) is 93.6 cm³/mol. The summed E-state index contributed by atoms with van der Waals surface area (Å²) in [5.74, 6) is 0.213. The van der Waals surface area contributed by atoms with Crippen molar-refractivity contribution in [2.75, 3.05) is 0 Å². The molecule has 0 fully saturated rings. The van der Waals surface area contributed by atoms with Gasteiger partial charge in [-0.3, -0.25) is 4.79 Å². The molecule has 2 rings (SSSR count). The van der Waals surface area contributed by atoms with Crippen LogP contribution in [0.25, 0.3) is 5.57 Å². The quantitative estimate of drug-likeness (QED) is 0.682. The topological polar surface area (TPSA) is 17.1 Å². The standard InChI is InChI=1S/C21H24O/c1-21(2,3)16-19(18-12-8-5-9-13-18)20(22)15-14-17-10-6-4-7-11-17/h4-13,16H,14-15H2,1-3H3/b19-16+. The van der Waals surface area contributed by atoms with E-state index >= 15 is 0 Å². The molecule has 0 amide bonds. The summed E-state index contributed by atoms with van der Waals surface area (Å²) in [6.45, 7) is 6.38. The summed E-state index contributed by atoms with van der Waals surface area (Å²) >= 11 is 0. The highest BCUT2D eigenvalue weighted by Gasteiger charge is 2.16. The maximum absolute atomic E-state index is 12.7. The van der Waals surface area contributed by atoms with Gasteiger partial charge in [0.15, 0.2) is 5.78 Å². The van der Waals surface area contributed by atoms with Gasteiger partial charge in [-0.25, -0.2) is 0 Å². The molecule has 0 saturated carbocycles. The van der Waals surface area contributed by atoms with E-state index in [-0.39, 0.29) is 11.2 Å². The molecule has 0 N–H and O–H groups in total. The largest absolute Gasteiger partial charge is 0.294 e. The van der Waals surface area contributed by atoms with Gasteiger partial charge in [-0.05, 0) is 23.0 Å². The Hall–Kier alpha value is -2.15. The number of carbonyl (C=O) groups excluding carboxylic acids is 1. The Kier molecular flexibility index (Phi) is 5.32. The molecule has 2 aromatic carbocycles. The molecule has 0 heterocycles. The van der Waals surface area contributed by atoms with Gasteiger partial charge in [-0.2, -0.15) is 0 Å². The van der Waals surface area contributed by atoms with Crippen molar-refractivity contribution in [3.8, 4) is 0 Å². The number of hydrogen-bond donors (Lipinski definition) is 0. The van der Waals surface area contributed by atoms with Crippen LogP contribution in [0.15, 0.2) is 66.7 Å². The minimum Gasteiger partial charge on any atom is -0.294 e. The van der Waals surface area contributed by atoms with Gasteiger partial charge in [0.2, 0.25) is 0 Å². The second kappa shape index (κ2) is 7.22. The normalized spacial score (nSPS) is 12.2. The van der Waals surface area contributed by atoms with Crippen LogP contribution in [0.2, 0.25) is 0 Å². The number of allylic oxidation sites excluding steroid dienone is 2. The van der Waals surface area contributed by atoms with E-state index in [1.165, 1.54) is 5.56 Å². The summed E-state index contributed by atoms with van der Waals surface area (Å²) in [5.41, 5.74) is 3.03. The lowest BCUT2D eigenvalue weighted by Gasteiger charge is -2.16. The summed E-state index contributed by atoms with van der Waals surface area (Å²) in [4.78, 5) is 12.7. The van der Waals surface area contributed by atoms with Crippen LogP contribution < -0.4 is 0 Å². The number of benzene rings is 2. The Morgan fingerprint density at radius 3 is 2.00 bits per heavy atom. The third kappa shape index (κ3) is 5.00. The van der Waals surface area contributed by atoms with Gasteiger partial charge in [0, 0.05) is 12.0 Å². The van der Waals surface area contributed by atoms with Gasteiger partial charge in [-0.1, -0.05) is 87.5 Å². The highest BCUT2D eigenvalue weighted by molar-refractivity contribution is 6.20. The van der Waals surface area contributed by atoms with Gasteiger partial charge in [0.1, 0.15) is 0 Å². The third-order valence-electron chi connectivity index (χ3n) is 3.45. The molecule has 2 aromatic rings. The number of aryl methyl sites for hydroxylation is 1. The highest BCUT2D eigenvalue weighted by atomic mass is 16.1. The summed E-state index contributed by atoms with van der Waals surface area (Å²) in [6.07, 6.45) is 3.42. The smallest absolute Gasteiger partial charge is 0.163 e. The van der Waals surface area contributed by atoms with Crippen molar-refractivity contribution in [3.63, 3.8) is 0 Å². The Morgan fingerprint density at radius 2 is 1.45 bits per heavy atom. The lowest BCUT2D eigenvalue weighted by Crippen LogP contribution is -2.09. The van der Waals surface area contributed by atoms with Crippen LogP contribution in [0.1, 0.15) is 38.3 Å². The molecule has 114 valence electrons. The van der Waals surface area contributed by atoms with Crippen molar-refractivity contribution < 1.29 is 4.79 Å². The third-order valence-corrected chi connectivity index (χ3v) is 3.45. The molecule has 0 aliphatic carbocycles. The molecular formula is C21H24O. The molecule has 0 aliphatic heterocycles. The average Bonchev–Trinajstić information content (AvgIpc) is 2.51. The SMILES string of the molecule is CC(C)(C)/C=C(/C(=O)CCc1ccccc1)c1ccccc1. The monoisotopic (exact) mass is 292 g/mol. The highest BCUT2D eigenvalue weighted by Crippen LogP contribution is 2.25. The van der Waals surface area contributed by atoms with Crippen molar-refractivity contribution in [3.05, 3.63) is 77.9 Å². The van der Waals surface area contributed by atoms with Crippen LogP contribution >= 0.6 is 0 Å². The molecule has 0 aromatic heterocycles. The van der Waals surface area contributed by atoms with Crippen molar-refractivity contribution >= 4 is 11.4 Å². The first-order chi connectivity index (χ1) is 10.5. The zero-order valence-electron chi connectivity index (χ0n) is 13.7. The molecule has 0 radical (unpaired) electrons. The molecule has 1 nitrogen and oxygen atoms in total. The zero-order chi connectivity index (χ0) is 16.0. The fraction of sp³-hybridized carbons (Fsp3) is 0.286. The van der Waals surface area contributed by atoms with E-state index in [4.69, 9.17) is 0 Å². The molecule has 1 heteroatoms. The molecule has 0 unspecified atom stereocenters. The van der Waals surface area contributed by atoms with Crippen LogP contribution in [0.4, 0.5) is 0 Å². The molecular weight excluding hydrogens is 268 g/mol. The first kappa shape index (κ1) is 16.2. The van der Waals surface area contributed by atoms with E-state index in [1.807, 2.05) is 48.5 Å². The summed E-state index contributed by atoms with van der Waals surface area (Å²) in [6, 6.07) is 20.1. The minimum atomic E-state index is -0.0203. The van der Waals surface area contributed by atoms with E-state index in [0.717, 1.165) is 17.6 Å². The van der Waals surface area contributed by atoms with Crippen molar-refractivity contribution in [2.24, 2.45) is 5.41 Å². The average molecular weight is 292 g/mol. The van der Waals surface area contributed by atoms with Crippen molar-refractivity contribution in [1.29, 1.82) is 0 Å². The van der Waals surface area contributed by atoms with E-state index in [1.54, 1.807) is 0 Å². The van der Waals surface area contributed by atoms with Gasteiger partial charge in [0.25, 0.3) is 0 Å². The summed E-state index contributed by atoms with van der Waals surface area (Å²) < 4.78 is 0. The first-order valence-corrected chi connectivity index (χ1v) is 7.81. The lowest BCUT2D eigenvalue weighted by atomic mass is 9.88. The van der Waals surface area contributed by atoms with E-state index < -0.39 is 0 Å². The van der Waals surface area contributed by atoms with Crippen LogP contribution in [0, 0.1) is 5.41 Å². The van der Waals surface area contributed by atoms with Gasteiger partial charge in [0.05, 0.1) is 0 Å². The number of hydrogen-bond acceptors (Lipinski definition) is 1. The Bertz CT molecular complexity index is 631. The number of Topliss-reactive ketones (excluding diaryl/α,β-unsaturated/α-hetero) is 1. The summed E-state index contributed by atoms with van der Waals surface area (Å²) in [5, 5.41) is 0. The van der Waals surface area contributed by atoms with Crippen molar-refractivity contribution in [2.45, 2.75) is 33.6 Å². The Labute approximate surface area is 133 Å². The van der Waals surface area contributed by atoms with Crippen LogP contribution in [0.5, 0.6) is 0 Å². The maximum Gasteiger partial charge on any atom is 0.163 e. The number of carbonyl (C=O) groups is 1. The Morgan fingerprint density at radius 1 is 0.909 bits per heavy atom. The molecule has 0 spiro atoms. The second-order valence-electron chi connectivity index (χ2n) is 6.70. The number of ketones is 1. The summed E-state index contributed by atoms with van der Waals surface area (Å²) in [7, 11) is 0. The zero-order valence-corrected chi connectivity index (χ0v) is 13.7. The molecule has 0 atom stereocenters. The van der Waals surface area contributed by atoms with E-state index in [0.29, 0.717) is 6.42 Å². The predicted octanol–water partition coefficient (Wildman–Crippen LogP) is 5.32. The second-order valence-corrected chi connectivity index (χ2v) is 6.70. The van der Waals surface area contributed by atoms with Gasteiger partial charge >= 0.3 is 0 Å². The van der Waals surface area contributed by atoms with E-state index in [9.17, 15) is 4.79 Å². The van der Waals surface area contributed by atoms with E-state index in [2.05, 4.69) is 39.0 Å². The first-order valence-electron chi connectivity index (χ1n) is 7.81.